The third-order valence-electron chi connectivity index (χ3n) is 3.76. The van der Waals surface area contributed by atoms with Crippen LogP contribution >= 0.6 is 0 Å². The molecule has 1 heterocycles. The molecule has 110 valence electrons. The van der Waals surface area contributed by atoms with E-state index in [0.29, 0.717) is 12.6 Å². The van der Waals surface area contributed by atoms with Crippen LogP contribution in [0.2, 0.25) is 0 Å². The number of nitrogens with one attached hydrogen (secondary N) is 2. The summed E-state index contributed by atoms with van der Waals surface area (Å²) in [7, 11) is 1.78. The van der Waals surface area contributed by atoms with Crippen LogP contribution in [0.3, 0.4) is 0 Å². The zero-order valence-electron chi connectivity index (χ0n) is 12.3. The number of hydrogen-bond acceptors (Lipinski definition) is 3. The Morgan fingerprint density at radius 3 is 2.81 bits per heavy atom. The lowest BCUT2D eigenvalue weighted by molar-refractivity contribution is 0.570. The van der Waals surface area contributed by atoms with E-state index in [-0.39, 0.29) is 0 Å². The van der Waals surface area contributed by atoms with E-state index in [4.69, 9.17) is 4.42 Å². The first-order valence-electron chi connectivity index (χ1n) is 7.23. The van der Waals surface area contributed by atoms with Crippen molar-refractivity contribution in [2.24, 2.45) is 10.9 Å². The summed E-state index contributed by atoms with van der Waals surface area (Å²) >= 11 is 0. The summed E-state index contributed by atoms with van der Waals surface area (Å²) in [6, 6.07) is 10.5. The van der Waals surface area contributed by atoms with Crippen LogP contribution in [0, 0.1) is 5.92 Å². The van der Waals surface area contributed by atoms with Crippen LogP contribution in [0.25, 0.3) is 11.3 Å². The molecule has 1 aromatic carbocycles. The first-order chi connectivity index (χ1) is 10.3. The largest absolute Gasteiger partial charge is 0.443 e. The van der Waals surface area contributed by atoms with Crippen LogP contribution in [0.15, 0.2) is 46.1 Å². The van der Waals surface area contributed by atoms with Crippen molar-refractivity contribution < 1.29 is 4.42 Å². The van der Waals surface area contributed by atoms with Gasteiger partial charge in [-0.15, -0.1) is 0 Å². The van der Waals surface area contributed by atoms with E-state index in [0.717, 1.165) is 28.9 Å². The van der Waals surface area contributed by atoms with Gasteiger partial charge in [-0.1, -0.05) is 37.3 Å². The van der Waals surface area contributed by atoms with Gasteiger partial charge in [-0.25, -0.2) is 4.98 Å². The zero-order chi connectivity index (χ0) is 14.7. The molecule has 1 aromatic heterocycles. The molecule has 2 atom stereocenters. The standard InChI is InChI=1S/C16H20N4O/c1-11-8-13(11)20-16(17-2)18-9-14-15(21-10-19-14)12-6-4-3-5-7-12/h3-7,10-11,13H,8-9H2,1-2H3,(H2,17,18,20). The number of guanidine groups is 1. The summed E-state index contributed by atoms with van der Waals surface area (Å²) in [5, 5.41) is 6.68. The minimum absolute atomic E-state index is 0.544. The van der Waals surface area contributed by atoms with Crippen LogP contribution in [0.5, 0.6) is 0 Å². The summed E-state index contributed by atoms with van der Waals surface area (Å²) in [5.74, 6) is 2.35. The van der Waals surface area contributed by atoms with Crippen LogP contribution < -0.4 is 10.6 Å². The van der Waals surface area contributed by atoms with Gasteiger partial charge in [0.25, 0.3) is 0 Å². The monoisotopic (exact) mass is 284 g/mol. The normalized spacial score (nSPS) is 21.1. The van der Waals surface area contributed by atoms with E-state index in [1.165, 1.54) is 12.8 Å². The molecule has 5 heteroatoms. The molecule has 1 aliphatic rings. The molecule has 2 unspecified atom stereocenters. The van der Waals surface area contributed by atoms with Crippen LogP contribution in [-0.4, -0.2) is 24.0 Å². The summed E-state index contributed by atoms with van der Waals surface area (Å²) in [4.78, 5) is 8.54. The van der Waals surface area contributed by atoms with E-state index in [1.54, 1.807) is 7.05 Å². The van der Waals surface area contributed by atoms with Gasteiger partial charge in [-0.2, -0.15) is 0 Å². The summed E-state index contributed by atoms with van der Waals surface area (Å²) in [6.45, 7) is 2.82. The molecule has 0 bridgehead atoms. The minimum atomic E-state index is 0.544. The summed E-state index contributed by atoms with van der Waals surface area (Å²) in [6.07, 6.45) is 2.69. The second-order valence-corrected chi connectivity index (χ2v) is 5.38. The second kappa shape index (κ2) is 5.99. The molecule has 0 amide bonds. The van der Waals surface area contributed by atoms with Gasteiger partial charge in [0.15, 0.2) is 18.1 Å². The van der Waals surface area contributed by atoms with E-state index in [1.807, 2.05) is 30.3 Å². The van der Waals surface area contributed by atoms with Crippen molar-refractivity contribution >= 4 is 5.96 Å². The molecule has 3 rings (SSSR count). The highest BCUT2D eigenvalue weighted by molar-refractivity contribution is 5.80. The molecular formula is C16H20N4O. The van der Waals surface area contributed by atoms with Crippen molar-refractivity contribution in [1.82, 2.24) is 15.6 Å². The van der Waals surface area contributed by atoms with Crippen LogP contribution in [0.4, 0.5) is 0 Å². The van der Waals surface area contributed by atoms with Crippen molar-refractivity contribution in [3.63, 3.8) is 0 Å². The molecule has 1 aliphatic carbocycles. The highest BCUT2D eigenvalue weighted by Crippen LogP contribution is 2.28. The maximum Gasteiger partial charge on any atom is 0.191 e. The maximum absolute atomic E-state index is 5.52. The molecule has 2 N–H and O–H groups in total. The second-order valence-electron chi connectivity index (χ2n) is 5.38. The fourth-order valence-electron chi connectivity index (χ4n) is 2.28. The number of aliphatic imine (C=N–C) groups is 1. The Labute approximate surface area is 124 Å². The van der Waals surface area contributed by atoms with E-state index in [9.17, 15) is 0 Å². The molecule has 2 aromatic rings. The topological polar surface area (TPSA) is 62.5 Å². The van der Waals surface area contributed by atoms with Gasteiger partial charge >= 0.3 is 0 Å². The smallest absolute Gasteiger partial charge is 0.191 e. The molecule has 1 fully saturated rings. The molecule has 5 nitrogen and oxygen atoms in total. The number of aromatic nitrogens is 1. The number of rotatable bonds is 4. The number of hydrogen-bond donors (Lipinski definition) is 2. The average Bonchev–Trinajstić information content (AvgIpc) is 3.02. The van der Waals surface area contributed by atoms with E-state index in [2.05, 4.69) is 27.5 Å². The average molecular weight is 284 g/mol. The van der Waals surface area contributed by atoms with Gasteiger partial charge in [-0.05, 0) is 12.3 Å². The zero-order valence-corrected chi connectivity index (χ0v) is 12.3. The minimum Gasteiger partial charge on any atom is -0.443 e. The van der Waals surface area contributed by atoms with Gasteiger partial charge in [-0.3, -0.25) is 4.99 Å². The molecule has 0 spiro atoms. The highest BCUT2D eigenvalue weighted by atomic mass is 16.3. The number of nitrogens with zero attached hydrogens (tertiary/aromatic N) is 2. The van der Waals surface area contributed by atoms with E-state index < -0.39 is 0 Å². The van der Waals surface area contributed by atoms with Crippen molar-refractivity contribution in [1.29, 1.82) is 0 Å². The Hall–Kier alpha value is -2.30. The van der Waals surface area contributed by atoms with Gasteiger partial charge in [0, 0.05) is 18.7 Å². The quantitative estimate of drug-likeness (QED) is 0.668. The Balaban J connectivity index is 1.64. The van der Waals surface area contributed by atoms with Gasteiger partial charge in [0.1, 0.15) is 5.69 Å². The third kappa shape index (κ3) is 3.24. The number of benzene rings is 1. The Morgan fingerprint density at radius 2 is 2.14 bits per heavy atom. The fraction of sp³-hybridized carbons (Fsp3) is 0.375. The SMILES string of the molecule is CN=C(NCc1ncoc1-c1ccccc1)NC1CC1C. The molecule has 21 heavy (non-hydrogen) atoms. The summed E-state index contributed by atoms with van der Waals surface area (Å²) in [5.41, 5.74) is 1.92. The predicted octanol–water partition coefficient (Wildman–Crippen LogP) is 2.42. The fourth-order valence-corrected chi connectivity index (χ4v) is 2.28. The predicted molar refractivity (Wildman–Crippen MR) is 82.8 cm³/mol. The Bertz CT molecular complexity index is 620. The lowest BCUT2D eigenvalue weighted by Crippen LogP contribution is -2.38. The maximum atomic E-state index is 5.52. The first-order valence-corrected chi connectivity index (χ1v) is 7.23. The molecule has 0 aliphatic heterocycles. The first kappa shape index (κ1) is 13.7. The highest BCUT2D eigenvalue weighted by Gasteiger charge is 2.33. The molecule has 0 saturated heterocycles. The van der Waals surface area contributed by atoms with Gasteiger partial charge < -0.3 is 15.1 Å². The van der Waals surface area contributed by atoms with Crippen molar-refractivity contribution in [2.45, 2.75) is 25.9 Å². The van der Waals surface area contributed by atoms with Crippen LogP contribution in [0.1, 0.15) is 19.0 Å². The van der Waals surface area contributed by atoms with E-state index >= 15 is 0 Å². The lowest BCUT2D eigenvalue weighted by Gasteiger charge is -2.10. The number of oxazole rings is 1. The van der Waals surface area contributed by atoms with Gasteiger partial charge in [0.05, 0.1) is 6.54 Å². The Kier molecular flexibility index (Phi) is 3.90. The van der Waals surface area contributed by atoms with Crippen LogP contribution in [-0.2, 0) is 6.54 Å². The van der Waals surface area contributed by atoms with Crippen molar-refractivity contribution in [2.75, 3.05) is 7.05 Å². The summed E-state index contributed by atoms with van der Waals surface area (Å²) < 4.78 is 5.52. The van der Waals surface area contributed by atoms with Crippen molar-refractivity contribution in [3.8, 4) is 11.3 Å². The van der Waals surface area contributed by atoms with Crippen molar-refractivity contribution in [3.05, 3.63) is 42.4 Å². The lowest BCUT2D eigenvalue weighted by atomic mass is 10.1. The molecular weight excluding hydrogens is 264 g/mol. The molecule has 0 radical (unpaired) electrons. The Morgan fingerprint density at radius 1 is 1.38 bits per heavy atom. The van der Waals surface area contributed by atoms with Gasteiger partial charge in [0.2, 0.25) is 0 Å². The molecule has 1 saturated carbocycles. The third-order valence-corrected chi connectivity index (χ3v) is 3.76.